The molecule has 0 spiro atoms. The van der Waals surface area contributed by atoms with Crippen molar-refractivity contribution in [1.29, 1.82) is 0 Å². The molecule has 2 N–H and O–H groups in total. The molecule has 0 bridgehead atoms. The fourth-order valence-corrected chi connectivity index (χ4v) is 2.59. The van der Waals surface area contributed by atoms with Crippen LogP contribution < -0.4 is 5.32 Å². The molecule has 116 valence electrons. The second-order valence-corrected chi connectivity index (χ2v) is 5.10. The Morgan fingerprint density at radius 1 is 1.38 bits per heavy atom. The van der Waals surface area contributed by atoms with Gasteiger partial charge in [-0.15, -0.1) is 0 Å². The summed E-state index contributed by atoms with van der Waals surface area (Å²) in [4.78, 5) is 12.5. The summed E-state index contributed by atoms with van der Waals surface area (Å²) in [6.45, 7) is 1.07. The molecule has 0 aliphatic carbocycles. The van der Waals surface area contributed by atoms with Crippen molar-refractivity contribution in [3.63, 3.8) is 0 Å². The maximum atomic E-state index is 13.0. The summed E-state index contributed by atoms with van der Waals surface area (Å²) in [5, 5.41) is 12.1. The van der Waals surface area contributed by atoms with Crippen molar-refractivity contribution < 1.29 is 23.1 Å². The van der Waals surface area contributed by atoms with E-state index in [4.69, 9.17) is 5.11 Å². The van der Waals surface area contributed by atoms with Gasteiger partial charge in [0.1, 0.15) is 0 Å². The summed E-state index contributed by atoms with van der Waals surface area (Å²) >= 11 is 0. The zero-order valence-corrected chi connectivity index (χ0v) is 11.4. The highest BCUT2D eigenvalue weighted by molar-refractivity contribution is 5.69. The number of nitrogens with one attached hydrogen (secondary N) is 1. The van der Waals surface area contributed by atoms with Crippen LogP contribution in [-0.4, -0.2) is 41.7 Å². The number of alkyl halides is 3. The number of benzene rings is 1. The number of aliphatic carboxylic acids is 1. The minimum absolute atomic E-state index is 0.0195. The number of carbonyl (C=O) groups is 1. The first kappa shape index (κ1) is 15.8. The van der Waals surface area contributed by atoms with Crippen LogP contribution in [0.15, 0.2) is 24.3 Å². The van der Waals surface area contributed by atoms with Crippen molar-refractivity contribution in [1.82, 2.24) is 10.2 Å². The predicted molar refractivity (Wildman–Crippen MR) is 70.8 cm³/mol. The van der Waals surface area contributed by atoms with E-state index in [0.717, 1.165) is 19.0 Å². The highest BCUT2D eigenvalue weighted by Gasteiger charge is 2.34. The minimum Gasteiger partial charge on any atom is -0.480 e. The van der Waals surface area contributed by atoms with E-state index in [2.05, 4.69) is 5.32 Å². The predicted octanol–water partition coefficient (Wildman–Crippen LogP) is 1.95. The van der Waals surface area contributed by atoms with Crippen LogP contribution in [0.25, 0.3) is 0 Å². The molecule has 0 aromatic heterocycles. The minimum atomic E-state index is -4.43. The lowest BCUT2D eigenvalue weighted by Crippen LogP contribution is -2.40. The van der Waals surface area contributed by atoms with Crippen LogP contribution in [0, 0.1) is 0 Å². The lowest BCUT2D eigenvalue weighted by Gasteiger charge is -2.27. The van der Waals surface area contributed by atoms with Gasteiger partial charge in [0.25, 0.3) is 0 Å². The van der Waals surface area contributed by atoms with Crippen molar-refractivity contribution in [2.75, 3.05) is 19.6 Å². The summed E-state index contributed by atoms with van der Waals surface area (Å²) in [5.74, 6) is -1.04. The second kappa shape index (κ2) is 6.44. The molecule has 21 heavy (non-hydrogen) atoms. The van der Waals surface area contributed by atoms with Crippen molar-refractivity contribution in [2.45, 2.75) is 25.2 Å². The van der Waals surface area contributed by atoms with Crippen LogP contribution in [0.1, 0.15) is 17.5 Å². The molecule has 1 fully saturated rings. The Balaban J connectivity index is 2.22. The van der Waals surface area contributed by atoms with Crippen LogP contribution in [0.5, 0.6) is 0 Å². The Kier molecular flexibility index (Phi) is 4.84. The van der Waals surface area contributed by atoms with Gasteiger partial charge in [-0.05, 0) is 24.6 Å². The molecule has 1 aliphatic rings. The van der Waals surface area contributed by atoms with Gasteiger partial charge >= 0.3 is 12.1 Å². The maximum absolute atomic E-state index is 13.0. The fraction of sp³-hybridized carbons (Fsp3) is 0.500. The molecular weight excluding hydrogens is 285 g/mol. The maximum Gasteiger partial charge on any atom is 0.416 e. The highest BCUT2D eigenvalue weighted by atomic mass is 19.4. The van der Waals surface area contributed by atoms with Crippen LogP contribution in [0.3, 0.4) is 0 Å². The van der Waals surface area contributed by atoms with E-state index in [1.807, 2.05) is 0 Å². The zero-order chi connectivity index (χ0) is 15.5. The van der Waals surface area contributed by atoms with Gasteiger partial charge in [-0.25, -0.2) is 0 Å². The molecule has 2 rings (SSSR count). The first-order chi connectivity index (χ1) is 9.88. The first-order valence-electron chi connectivity index (χ1n) is 6.69. The Hall–Kier alpha value is -1.60. The van der Waals surface area contributed by atoms with Crippen molar-refractivity contribution in [2.24, 2.45) is 0 Å². The molecule has 1 heterocycles. The van der Waals surface area contributed by atoms with Gasteiger partial charge in [0.05, 0.1) is 12.1 Å². The third kappa shape index (κ3) is 4.18. The fourth-order valence-electron chi connectivity index (χ4n) is 2.59. The second-order valence-electron chi connectivity index (χ2n) is 5.10. The van der Waals surface area contributed by atoms with E-state index < -0.39 is 17.7 Å². The topological polar surface area (TPSA) is 52.6 Å². The molecule has 0 unspecified atom stereocenters. The van der Waals surface area contributed by atoms with Crippen LogP contribution in [0.2, 0.25) is 0 Å². The van der Waals surface area contributed by atoms with Gasteiger partial charge in [0.15, 0.2) is 0 Å². The molecule has 0 amide bonds. The van der Waals surface area contributed by atoms with Crippen LogP contribution >= 0.6 is 0 Å². The van der Waals surface area contributed by atoms with Crippen molar-refractivity contribution in [3.05, 3.63) is 35.4 Å². The Morgan fingerprint density at radius 2 is 2.10 bits per heavy atom. The largest absolute Gasteiger partial charge is 0.480 e. The summed E-state index contributed by atoms with van der Waals surface area (Å²) in [7, 11) is 0. The molecule has 4 nitrogen and oxygen atoms in total. The van der Waals surface area contributed by atoms with Crippen molar-refractivity contribution in [3.8, 4) is 0 Å². The zero-order valence-electron chi connectivity index (χ0n) is 11.4. The van der Waals surface area contributed by atoms with E-state index in [1.54, 1.807) is 4.90 Å². The highest BCUT2D eigenvalue weighted by Crippen LogP contribution is 2.32. The molecule has 7 heteroatoms. The summed E-state index contributed by atoms with van der Waals surface area (Å²) in [5.41, 5.74) is -0.593. The molecule has 1 aromatic rings. The van der Waals surface area contributed by atoms with Crippen LogP contribution in [0.4, 0.5) is 13.2 Å². The lowest BCUT2D eigenvalue weighted by molar-refractivity contribution is -0.139. The van der Waals surface area contributed by atoms with E-state index >= 15 is 0 Å². The molecule has 1 aliphatic heterocycles. The monoisotopic (exact) mass is 302 g/mol. The molecule has 1 atom stereocenters. The number of halogens is 3. The van der Waals surface area contributed by atoms with Gasteiger partial charge in [-0.3, -0.25) is 9.69 Å². The quantitative estimate of drug-likeness (QED) is 0.873. The van der Waals surface area contributed by atoms with Gasteiger partial charge in [0, 0.05) is 19.1 Å². The molecular formula is C14H17F3N2O2. The lowest BCUT2D eigenvalue weighted by atomic mass is 10.1. The average Bonchev–Trinajstić information content (AvgIpc) is 2.90. The third-order valence-corrected chi connectivity index (χ3v) is 3.59. The molecule has 0 saturated carbocycles. The van der Waals surface area contributed by atoms with E-state index in [9.17, 15) is 18.0 Å². The Bertz CT molecular complexity index is 499. The van der Waals surface area contributed by atoms with E-state index in [-0.39, 0.29) is 24.7 Å². The number of carboxylic acid groups (broad SMARTS) is 1. The Morgan fingerprint density at radius 3 is 2.67 bits per heavy atom. The molecule has 0 radical (unpaired) electrons. The standard InChI is InChI=1S/C14H17F3N2O2/c15-14(16,17)12-4-2-1-3-10(12)8-19(9-13(20)21)11-5-6-18-7-11/h1-4,11,18H,5-9H2,(H,20,21)/t11-/m0/s1. The third-order valence-electron chi connectivity index (χ3n) is 3.59. The number of nitrogens with zero attached hydrogens (tertiary/aromatic N) is 1. The number of carboxylic acids is 1. The summed E-state index contributed by atoms with van der Waals surface area (Å²) in [6, 6.07) is 5.25. The van der Waals surface area contributed by atoms with E-state index in [1.165, 1.54) is 18.2 Å². The first-order valence-corrected chi connectivity index (χ1v) is 6.69. The average molecular weight is 302 g/mol. The number of hydrogen-bond acceptors (Lipinski definition) is 3. The van der Waals surface area contributed by atoms with Gasteiger partial charge in [0.2, 0.25) is 0 Å². The van der Waals surface area contributed by atoms with Crippen molar-refractivity contribution >= 4 is 5.97 Å². The SMILES string of the molecule is O=C(O)CN(Cc1ccccc1C(F)(F)F)[C@H]1CCNC1. The summed E-state index contributed by atoms with van der Waals surface area (Å²) in [6.07, 6.45) is -3.69. The smallest absolute Gasteiger partial charge is 0.416 e. The van der Waals surface area contributed by atoms with Gasteiger partial charge in [-0.1, -0.05) is 18.2 Å². The molecule has 1 aromatic carbocycles. The normalized spacial score (nSPS) is 19.1. The van der Waals surface area contributed by atoms with E-state index in [0.29, 0.717) is 6.54 Å². The Labute approximate surface area is 120 Å². The molecule has 1 saturated heterocycles. The number of hydrogen-bond donors (Lipinski definition) is 2. The summed E-state index contributed by atoms with van der Waals surface area (Å²) < 4.78 is 39.0. The van der Waals surface area contributed by atoms with Gasteiger partial charge in [-0.2, -0.15) is 13.2 Å². The van der Waals surface area contributed by atoms with Gasteiger partial charge < -0.3 is 10.4 Å². The van der Waals surface area contributed by atoms with Crippen LogP contribution in [-0.2, 0) is 17.5 Å². The number of rotatable bonds is 5.